The predicted octanol–water partition coefficient (Wildman–Crippen LogP) is -1.06. The van der Waals surface area contributed by atoms with Crippen LogP contribution in [0.15, 0.2) is 0 Å². The summed E-state index contributed by atoms with van der Waals surface area (Å²) in [5.74, 6) is 0. The van der Waals surface area contributed by atoms with Gasteiger partial charge in [-0.05, 0) is 0 Å². The molecule has 15 heteroatoms. The summed E-state index contributed by atoms with van der Waals surface area (Å²) in [5, 5.41) is 43.1. The van der Waals surface area contributed by atoms with Crippen LogP contribution in [0, 0.1) is 68.6 Å². The average Bonchev–Trinajstić information content (AvgIpc) is 1.81. The Kier molecular flexibility index (Phi) is 35.3. The van der Waals surface area contributed by atoms with Gasteiger partial charge in [-0.25, -0.2) is 0 Å². The summed E-state index contributed by atoms with van der Waals surface area (Å²) >= 11 is -2.51. The van der Waals surface area contributed by atoms with Gasteiger partial charge < -0.3 is 35.9 Å². The van der Waals surface area contributed by atoms with Crippen LogP contribution in [0.4, 0.5) is 0 Å². The van der Waals surface area contributed by atoms with Crippen LogP contribution >= 0.6 is 0 Å². The van der Waals surface area contributed by atoms with Crippen molar-refractivity contribution < 1.29 is 52.8 Å². The molecule has 0 aromatic rings. The van der Waals surface area contributed by atoms with Crippen molar-refractivity contribution in [1.29, 1.82) is 0 Å². The number of nitrogens with zero attached hydrogens (tertiary/aromatic N) is 3. The van der Waals surface area contributed by atoms with E-state index >= 15 is 0 Å². The first kappa shape index (κ1) is 23.2. The van der Waals surface area contributed by atoms with Gasteiger partial charge in [-0.15, -0.1) is 10.1 Å². The van der Waals surface area contributed by atoms with Crippen molar-refractivity contribution in [3.8, 4) is 0 Å². The molecule has 0 fully saturated rings. The van der Waals surface area contributed by atoms with Gasteiger partial charge in [-0.3, -0.25) is 0 Å². The van der Waals surface area contributed by atoms with Gasteiger partial charge >= 0.3 is 32.3 Å². The SMILES string of the molecule is O=[N+]([O-])O.O=[N+]([O-])[O-].O=[N+]([O-])[O-].[O]=[U+2]=[O]. The fraction of sp³-hybridized carbons (Fsp3) is 0. The fourth-order valence-electron chi connectivity index (χ4n) is 0. The quantitative estimate of drug-likeness (QED) is 0.340. The van der Waals surface area contributed by atoms with Crippen molar-refractivity contribution in [2.75, 3.05) is 0 Å². The molecule has 15 heavy (non-hydrogen) atoms. The van der Waals surface area contributed by atoms with Crippen molar-refractivity contribution in [1.82, 2.24) is 0 Å². The van der Waals surface area contributed by atoms with Crippen LogP contribution in [0.3, 0.4) is 0 Å². The summed E-state index contributed by atoms with van der Waals surface area (Å²) in [6.07, 6.45) is 0. The molecule has 0 saturated heterocycles. The van der Waals surface area contributed by atoms with Crippen molar-refractivity contribution in [2.45, 2.75) is 0 Å². The number of hydrogen-bond donors (Lipinski definition) is 1. The van der Waals surface area contributed by atoms with Gasteiger partial charge in [0, 0.05) is 0 Å². The zero-order chi connectivity index (χ0) is 13.4. The second kappa shape index (κ2) is 22.8. The molecule has 1 N–H and O–H groups in total. The molecule has 0 atom stereocenters. The summed E-state index contributed by atoms with van der Waals surface area (Å²) < 4.78 is 17.2. The molecule has 0 saturated carbocycles. The maximum atomic E-state index is 8.58. The molecule has 0 heterocycles. The number of rotatable bonds is 0. The molecule has 0 amide bonds. The van der Waals surface area contributed by atoms with Crippen LogP contribution in [0.5, 0.6) is 0 Å². The molecular formula is HN3O11U. The monoisotopic (exact) mass is 457 g/mol. The third-order valence-electron chi connectivity index (χ3n) is 0. The molecule has 0 bridgehead atoms. The van der Waals surface area contributed by atoms with Crippen LogP contribution in [-0.4, -0.2) is 20.5 Å². The van der Waals surface area contributed by atoms with E-state index in [1.54, 1.807) is 0 Å². The summed E-state index contributed by atoms with van der Waals surface area (Å²) in [7, 11) is 0. The van der Waals surface area contributed by atoms with E-state index in [9.17, 15) is 0 Å². The minimum atomic E-state index is -2.51. The fourth-order valence-corrected chi connectivity index (χ4v) is 0. The third kappa shape index (κ3) is 421. The van der Waals surface area contributed by atoms with Gasteiger partial charge in [-0.1, -0.05) is 0 Å². The molecule has 0 rings (SSSR count). The zero-order valence-corrected chi connectivity index (χ0v) is 10.5. The van der Waals surface area contributed by atoms with Gasteiger partial charge in [0.25, 0.3) is 5.09 Å². The van der Waals surface area contributed by atoms with Crippen LogP contribution < -0.4 is 0 Å². The van der Waals surface area contributed by atoms with Gasteiger partial charge in [0.05, 0.1) is 10.2 Å². The topological polar surface area (TPSA) is 230 Å². The van der Waals surface area contributed by atoms with Crippen LogP contribution in [0.25, 0.3) is 0 Å². The first-order valence-corrected chi connectivity index (χ1v) is 5.47. The Morgan fingerprint density at radius 3 is 0.800 bits per heavy atom. The Morgan fingerprint density at radius 2 is 0.800 bits per heavy atom. The molecule has 0 aliphatic rings. The van der Waals surface area contributed by atoms with Crippen LogP contribution in [0.2, 0.25) is 0 Å². The van der Waals surface area contributed by atoms with Gasteiger partial charge in [0.2, 0.25) is 0 Å². The normalized spacial score (nSPS) is 5.33. The third-order valence-corrected chi connectivity index (χ3v) is 0. The van der Waals surface area contributed by atoms with Gasteiger partial charge in [0.1, 0.15) is 0 Å². The first-order chi connectivity index (χ1) is 6.61. The maximum absolute atomic E-state index is 8.58. The Morgan fingerprint density at radius 1 is 0.800 bits per heavy atom. The van der Waals surface area contributed by atoms with Crippen molar-refractivity contribution in [3.05, 3.63) is 40.8 Å². The molecule has 0 aliphatic heterocycles. The molecule has 0 spiro atoms. The summed E-state index contributed by atoms with van der Waals surface area (Å²) in [4.78, 5) is 24.9. The van der Waals surface area contributed by atoms with Crippen molar-refractivity contribution in [2.24, 2.45) is 0 Å². The second-order valence-corrected chi connectivity index (χ2v) is 1.46. The van der Waals surface area contributed by atoms with Crippen LogP contribution in [0.1, 0.15) is 0 Å². The molecule has 0 unspecified atom stereocenters. The van der Waals surface area contributed by atoms with Gasteiger partial charge in [-0.2, -0.15) is 0 Å². The second-order valence-electron chi connectivity index (χ2n) is 0.768. The minimum absolute atomic E-state index is 1.50. The van der Waals surface area contributed by atoms with E-state index in [1.165, 1.54) is 0 Å². The van der Waals surface area contributed by atoms with E-state index in [4.69, 9.17) is 50.4 Å². The summed E-state index contributed by atoms with van der Waals surface area (Å²) in [6.45, 7) is 0. The number of hydrogen-bond acceptors (Lipinski definition) is 10. The van der Waals surface area contributed by atoms with Gasteiger partial charge in [0.15, 0.2) is 0 Å². The molecule has 14 nitrogen and oxygen atoms in total. The van der Waals surface area contributed by atoms with Crippen molar-refractivity contribution in [3.63, 3.8) is 0 Å². The van der Waals surface area contributed by atoms with Crippen molar-refractivity contribution >= 4 is 0 Å². The first-order valence-electron chi connectivity index (χ1n) is 2.07. The van der Waals surface area contributed by atoms with Crippen LogP contribution in [-0.2, 0) is 4.47 Å². The standard InChI is InChI=1S/HNO3.2NO3.2O.U/c3*2-1(3)4;;;/h(H,2,3,4);;;;;/q;2*-1;;;+2. The molecule has 0 aromatic heterocycles. The Hall–Kier alpha value is -1.75. The van der Waals surface area contributed by atoms with E-state index in [0.717, 1.165) is 0 Å². The predicted molar refractivity (Wildman–Crippen MR) is 30.9 cm³/mol. The zero-order valence-electron chi connectivity index (χ0n) is 6.37. The average molecular weight is 457 g/mol. The van der Waals surface area contributed by atoms with E-state index in [2.05, 4.69) is 0 Å². The summed E-state index contributed by atoms with van der Waals surface area (Å²) in [6, 6.07) is 0. The Bertz CT molecular complexity index is 173. The Balaban J connectivity index is -0.0000000542. The molecular weight excluding hydrogens is 456 g/mol. The van der Waals surface area contributed by atoms with E-state index in [1.807, 2.05) is 0 Å². The Labute approximate surface area is 93.7 Å². The van der Waals surface area contributed by atoms with E-state index in [-0.39, 0.29) is 0 Å². The van der Waals surface area contributed by atoms with E-state index < -0.39 is 43.1 Å². The molecule has 86 valence electrons. The molecule has 0 radical (unpaired) electrons. The molecule has 0 aromatic carbocycles. The summed E-state index contributed by atoms with van der Waals surface area (Å²) in [5.41, 5.74) is 0. The van der Waals surface area contributed by atoms with E-state index in [0.29, 0.717) is 0 Å². The molecule has 0 aliphatic carbocycles.